The van der Waals surface area contributed by atoms with Crippen LogP contribution in [0, 0.1) is 0 Å². The molecule has 0 aliphatic carbocycles. The fourth-order valence-electron chi connectivity index (χ4n) is 9.22. The first-order valence-corrected chi connectivity index (χ1v) is 21.5. The highest BCUT2D eigenvalue weighted by molar-refractivity contribution is 7.26. The van der Waals surface area contributed by atoms with Crippen molar-refractivity contribution in [2.45, 2.75) is 0 Å². The highest BCUT2D eigenvalue weighted by Crippen LogP contribution is 2.48. The van der Waals surface area contributed by atoms with Gasteiger partial charge in [-0.05, 0) is 83.4 Å². The van der Waals surface area contributed by atoms with Crippen LogP contribution in [0.4, 0.5) is 17.1 Å². The van der Waals surface area contributed by atoms with E-state index in [1.165, 1.54) is 51.5 Å². The lowest BCUT2D eigenvalue weighted by atomic mass is 9.98. The van der Waals surface area contributed by atoms with Crippen LogP contribution in [0.2, 0.25) is 0 Å². The second kappa shape index (κ2) is 12.7. The molecule has 59 heavy (non-hydrogen) atoms. The maximum Gasteiger partial charge on any atom is 0.144 e. The highest BCUT2D eigenvalue weighted by atomic mass is 32.1. The van der Waals surface area contributed by atoms with Gasteiger partial charge in [0.15, 0.2) is 0 Å². The lowest BCUT2D eigenvalue weighted by Crippen LogP contribution is -2.10. The van der Waals surface area contributed by atoms with Gasteiger partial charge in [0.25, 0.3) is 0 Å². The standard InChI is InChI=1S/C54H31NO2S2/c1-4-18-45-38(10-1)41-15-7-14-37(52(41)56-45)33-24-28-35(29-25-33)55(44-17-8-16-43-40-12-3-6-20-47(40)59-54(43)44)34-26-22-32(23-27-34)36-13-9-21-48-50(36)51-49(58-48)31-30-42-39-11-2-5-19-46(39)57-53(42)51/h1-31H. The van der Waals surface area contributed by atoms with Gasteiger partial charge in [0.2, 0.25) is 0 Å². The van der Waals surface area contributed by atoms with Crippen molar-refractivity contribution in [3.05, 3.63) is 188 Å². The molecule has 0 radical (unpaired) electrons. The maximum absolute atomic E-state index is 6.60. The van der Waals surface area contributed by atoms with E-state index in [2.05, 4.69) is 175 Å². The van der Waals surface area contributed by atoms with Crippen molar-refractivity contribution >= 4 is 124 Å². The molecule has 13 rings (SSSR count). The summed E-state index contributed by atoms with van der Waals surface area (Å²) in [4.78, 5) is 2.41. The van der Waals surface area contributed by atoms with Crippen molar-refractivity contribution in [1.29, 1.82) is 0 Å². The van der Waals surface area contributed by atoms with Gasteiger partial charge < -0.3 is 13.7 Å². The third-order valence-electron chi connectivity index (χ3n) is 11.9. The average Bonchev–Trinajstić information content (AvgIpc) is 4.07. The number of para-hydroxylation sites is 3. The van der Waals surface area contributed by atoms with Crippen LogP contribution in [0.15, 0.2) is 197 Å². The van der Waals surface area contributed by atoms with Crippen LogP contribution in [-0.4, -0.2) is 0 Å². The van der Waals surface area contributed by atoms with E-state index in [0.717, 1.165) is 72.1 Å². The molecule has 13 aromatic rings. The average molecular weight is 790 g/mol. The number of rotatable bonds is 5. The zero-order valence-electron chi connectivity index (χ0n) is 31.5. The first-order chi connectivity index (χ1) is 29.2. The number of hydrogen-bond acceptors (Lipinski definition) is 5. The van der Waals surface area contributed by atoms with Gasteiger partial charge in [0.05, 0.1) is 10.4 Å². The molecule has 5 heteroatoms. The van der Waals surface area contributed by atoms with Crippen molar-refractivity contribution in [1.82, 2.24) is 0 Å². The Morgan fingerprint density at radius 2 is 0.881 bits per heavy atom. The number of hydrogen-bond donors (Lipinski definition) is 0. The van der Waals surface area contributed by atoms with Crippen LogP contribution >= 0.6 is 22.7 Å². The first kappa shape index (κ1) is 32.9. The number of furan rings is 2. The zero-order valence-corrected chi connectivity index (χ0v) is 33.1. The molecule has 0 amide bonds. The minimum absolute atomic E-state index is 0.906. The Hall–Kier alpha value is -7.18. The van der Waals surface area contributed by atoms with E-state index in [0.29, 0.717) is 0 Å². The molecule has 4 heterocycles. The maximum atomic E-state index is 6.60. The SMILES string of the molecule is c1ccc2c(c1)oc1c(-c3ccc(N(c4ccc(-c5cccc6sc7ccc8c9ccccc9oc8c7c56)cc4)c4cccc5c4sc4ccccc45)cc3)cccc12. The fraction of sp³-hybridized carbons (Fsp3) is 0. The molecule has 276 valence electrons. The van der Waals surface area contributed by atoms with Crippen LogP contribution in [-0.2, 0) is 0 Å². The van der Waals surface area contributed by atoms with Gasteiger partial charge in [-0.15, -0.1) is 22.7 Å². The van der Waals surface area contributed by atoms with Gasteiger partial charge in [-0.3, -0.25) is 0 Å². The molecular formula is C54H31NO2S2. The molecule has 0 fully saturated rings. The predicted octanol–water partition coefficient (Wildman–Crippen LogP) is 17.0. The smallest absolute Gasteiger partial charge is 0.144 e. The normalized spacial score (nSPS) is 12.1. The first-order valence-electron chi connectivity index (χ1n) is 19.8. The van der Waals surface area contributed by atoms with Gasteiger partial charge in [0.1, 0.15) is 22.3 Å². The molecule has 0 aliphatic rings. The summed E-state index contributed by atoms with van der Waals surface area (Å²) in [5, 5.41) is 9.57. The largest absolute Gasteiger partial charge is 0.455 e. The minimum atomic E-state index is 0.906. The minimum Gasteiger partial charge on any atom is -0.455 e. The number of nitrogens with zero attached hydrogens (tertiary/aromatic N) is 1. The monoisotopic (exact) mass is 789 g/mol. The predicted molar refractivity (Wildman–Crippen MR) is 252 cm³/mol. The Balaban J connectivity index is 0.970. The van der Waals surface area contributed by atoms with Crippen molar-refractivity contribution in [2.75, 3.05) is 4.90 Å². The number of thiophene rings is 2. The van der Waals surface area contributed by atoms with Gasteiger partial charge >= 0.3 is 0 Å². The Morgan fingerprint density at radius 3 is 1.64 bits per heavy atom. The highest BCUT2D eigenvalue weighted by Gasteiger charge is 2.21. The van der Waals surface area contributed by atoms with Crippen LogP contribution in [0.25, 0.3) is 106 Å². The lowest BCUT2D eigenvalue weighted by Gasteiger charge is -2.26. The topological polar surface area (TPSA) is 29.5 Å². The number of benzene rings is 9. The van der Waals surface area contributed by atoms with Crippen molar-refractivity contribution in [3.8, 4) is 22.3 Å². The van der Waals surface area contributed by atoms with Crippen molar-refractivity contribution < 1.29 is 8.83 Å². The number of anilines is 3. The molecule has 3 nitrogen and oxygen atoms in total. The van der Waals surface area contributed by atoms with E-state index >= 15 is 0 Å². The van der Waals surface area contributed by atoms with Gasteiger partial charge in [0, 0.05) is 74.1 Å². The quantitative estimate of drug-likeness (QED) is 0.174. The fourth-order valence-corrected chi connectivity index (χ4v) is 11.6. The van der Waals surface area contributed by atoms with Crippen molar-refractivity contribution in [2.24, 2.45) is 0 Å². The Morgan fingerprint density at radius 1 is 0.339 bits per heavy atom. The van der Waals surface area contributed by atoms with Crippen molar-refractivity contribution in [3.63, 3.8) is 0 Å². The second-order valence-corrected chi connectivity index (χ2v) is 17.3. The van der Waals surface area contributed by atoms with E-state index in [1.807, 2.05) is 40.9 Å². The second-order valence-electron chi connectivity index (χ2n) is 15.2. The summed E-state index contributed by atoms with van der Waals surface area (Å²) < 4.78 is 18.1. The number of fused-ring (bicyclic) bond motifs is 13. The zero-order chi connectivity index (χ0) is 38.6. The van der Waals surface area contributed by atoms with Gasteiger partial charge in [-0.25, -0.2) is 0 Å². The van der Waals surface area contributed by atoms with E-state index < -0.39 is 0 Å². The molecule has 0 saturated carbocycles. The van der Waals surface area contributed by atoms with E-state index in [9.17, 15) is 0 Å². The molecule has 4 aromatic heterocycles. The summed E-state index contributed by atoms with van der Waals surface area (Å²) in [7, 11) is 0. The lowest BCUT2D eigenvalue weighted by molar-refractivity contribution is 0.670. The van der Waals surface area contributed by atoms with Crippen LogP contribution < -0.4 is 4.90 Å². The third kappa shape index (κ3) is 4.93. The molecule has 0 aliphatic heterocycles. The van der Waals surface area contributed by atoms with Crippen LogP contribution in [0.1, 0.15) is 0 Å². The Labute approximate surface area is 346 Å². The molecular weight excluding hydrogens is 759 g/mol. The summed E-state index contributed by atoms with van der Waals surface area (Å²) >= 11 is 3.68. The summed E-state index contributed by atoms with van der Waals surface area (Å²) in [5.41, 5.74) is 11.6. The molecule has 0 unspecified atom stereocenters. The molecule has 0 spiro atoms. The third-order valence-corrected chi connectivity index (χ3v) is 14.2. The summed E-state index contributed by atoms with van der Waals surface area (Å²) in [5.74, 6) is 0. The Kier molecular flexibility index (Phi) is 7.05. The molecule has 9 aromatic carbocycles. The van der Waals surface area contributed by atoms with E-state index in [1.54, 1.807) is 0 Å². The van der Waals surface area contributed by atoms with Crippen LogP contribution in [0.3, 0.4) is 0 Å². The van der Waals surface area contributed by atoms with Gasteiger partial charge in [-0.2, -0.15) is 0 Å². The summed E-state index contributed by atoms with van der Waals surface area (Å²) in [6.07, 6.45) is 0. The molecule has 0 atom stereocenters. The Bertz CT molecular complexity index is 3790. The molecule has 0 saturated heterocycles. The summed E-state index contributed by atoms with van der Waals surface area (Å²) in [6, 6.07) is 67.7. The van der Waals surface area contributed by atoms with Crippen LogP contribution in [0.5, 0.6) is 0 Å². The van der Waals surface area contributed by atoms with Gasteiger partial charge in [-0.1, -0.05) is 121 Å². The van der Waals surface area contributed by atoms with E-state index in [4.69, 9.17) is 8.83 Å². The molecule has 0 N–H and O–H groups in total. The summed E-state index contributed by atoms with van der Waals surface area (Å²) in [6.45, 7) is 0. The molecule has 0 bridgehead atoms. The van der Waals surface area contributed by atoms with E-state index in [-0.39, 0.29) is 0 Å².